The third-order valence-electron chi connectivity index (χ3n) is 1.67. The summed E-state index contributed by atoms with van der Waals surface area (Å²) in [6.07, 6.45) is 1.47. The van der Waals surface area contributed by atoms with Crippen LogP contribution in [0.5, 0.6) is 0 Å². The lowest BCUT2D eigenvalue weighted by Crippen LogP contribution is -2.09. The Labute approximate surface area is 70.7 Å². The van der Waals surface area contributed by atoms with Crippen LogP contribution < -0.4 is 11.5 Å². The quantitative estimate of drug-likeness (QED) is 0.518. The average Bonchev–Trinajstić information content (AvgIpc) is 2.08. The highest BCUT2D eigenvalue weighted by Gasteiger charge is 2.09. The molecule has 1 atom stereocenters. The minimum atomic E-state index is -0.492. The summed E-state index contributed by atoms with van der Waals surface area (Å²) in [4.78, 5) is 0. The second-order valence-corrected chi connectivity index (χ2v) is 2.51. The van der Waals surface area contributed by atoms with Crippen LogP contribution in [0.3, 0.4) is 0 Å². The van der Waals surface area contributed by atoms with Crippen molar-refractivity contribution in [3.8, 4) is 0 Å². The summed E-state index contributed by atoms with van der Waals surface area (Å²) < 4.78 is 13.2. The largest absolute Gasteiger partial charge is 0.396 e. The molecule has 0 aliphatic carbocycles. The Morgan fingerprint density at radius 3 is 2.75 bits per heavy atom. The molecule has 1 aromatic rings. The maximum absolute atomic E-state index is 13.2. The first-order valence-corrected chi connectivity index (χ1v) is 3.59. The van der Waals surface area contributed by atoms with Crippen LogP contribution in [0.25, 0.3) is 0 Å². The molecular weight excluding hydrogens is 155 g/mol. The highest BCUT2D eigenvalue weighted by atomic mass is 19.1. The van der Waals surface area contributed by atoms with Crippen LogP contribution in [0.15, 0.2) is 30.9 Å². The minimum absolute atomic E-state index is 0.116. The molecule has 0 radical (unpaired) electrons. The predicted molar refractivity (Wildman–Crippen MR) is 47.9 cm³/mol. The zero-order valence-electron chi connectivity index (χ0n) is 6.63. The lowest BCUT2D eigenvalue weighted by atomic mass is 10.1. The Balaban J connectivity index is 3.15. The van der Waals surface area contributed by atoms with E-state index in [0.717, 1.165) is 0 Å². The Morgan fingerprint density at radius 1 is 1.50 bits per heavy atom. The summed E-state index contributed by atoms with van der Waals surface area (Å²) in [6, 6.07) is 4.26. The Hall–Kier alpha value is -1.35. The van der Waals surface area contributed by atoms with Crippen LogP contribution >= 0.6 is 0 Å². The van der Waals surface area contributed by atoms with Crippen molar-refractivity contribution < 1.29 is 4.39 Å². The van der Waals surface area contributed by atoms with Gasteiger partial charge in [-0.05, 0) is 6.07 Å². The number of halogens is 1. The van der Waals surface area contributed by atoms with Crippen LogP contribution in [-0.2, 0) is 0 Å². The van der Waals surface area contributed by atoms with E-state index in [0.29, 0.717) is 5.56 Å². The van der Waals surface area contributed by atoms with Gasteiger partial charge in [0, 0.05) is 5.56 Å². The van der Waals surface area contributed by atoms with E-state index in [1.54, 1.807) is 12.1 Å². The molecule has 0 aliphatic heterocycles. The average molecular weight is 166 g/mol. The molecule has 0 fully saturated rings. The van der Waals surface area contributed by atoms with Crippen molar-refractivity contribution in [2.45, 2.75) is 6.04 Å². The smallest absolute Gasteiger partial charge is 0.151 e. The molecule has 1 unspecified atom stereocenters. The van der Waals surface area contributed by atoms with Gasteiger partial charge < -0.3 is 11.5 Å². The van der Waals surface area contributed by atoms with Gasteiger partial charge in [-0.3, -0.25) is 0 Å². The number of nitrogen functional groups attached to an aromatic ring is 1. The van der Waals surface area contributed by atoms with Crippen molar-refractivity contribution in [1.82, 2.24) is 0 Å². The molecule has 2 nitrogen and oxygen atoms in total. The van der Waals surface area contributed by atoms with Gasteiger partial charge in [0.05, 0.1) is 11.7 Å². The molecule has 1 rings (SSSR count). The molecular formula is C9H11FN2. The number of nitrogens with two attached hydrogens (primary N) is 2. The summed E-state index contributed by atoms with van der Waals surface area (Å²) in [5.41, 5.74) is 11.4. The van der Waals surface area contributed by atoms with Gasteiger partial charge in [0.1, 0.15) is 0 Å². The molecule has 0 spiro atoms. The van der Waals surface area contributed by atoms with Crippen molar-refractivity contribution >= 4 is 5.69 Å². The van der Waals surface area contributed by atoms with E-state index in [2.05, 4.69) is 6.58 Å². The molecule has 0 bridgehead atoms. The van der Waals surface area contributed by atoms with Crippen LogP contribution in [0.4, 0.5) is 10.1 Å². The van der Waals surface area contributed by atoms with Crippen LogP contribution in [-0.4, -0.2) is 0 Å². The summed E-state index contributed by atoms with van der Waals surface area (Å²) >= 11 is 0. The summed E-state index contributed by atoms with van der Waals surface area (Å²) in [6.45, 7) is 3.48. The fourth-order valence-corrected chi connectivity index (χ4v) is 0.953. The van der Waals surface area contributed by atoms with E-state index >= 15 is 0 Å². The van der Waals surface area contributed by atoms with Crippen LogP contribution in [0, 0.1) is 5.82 Å². The second-order valence-electron chi connectivity index (χ2n) is 2.51. The highest BCUT2D eigenvalue weighted by molar-refractivity contribution is 5.44. The first-order valence-electron chi connectivity index (χ1n) is 3.59. The monoisotopic (exact) mass is 166 g/mol. The SMILES string of the molecule is C=CC(N)c1cccc(N)c1F. The van der Waals surface area contributed by atoms with Gasteiger partial charge >= 0.3 is 0 Å². The predicted octanol–water partition coefficient (Wildman–Crippen LogP) is 1.59. The summed E-state index contributed by atoms with van der Waals surface area (Å²) in [5.74, 6) is -0.454. The van der Waals surface area contributed by atoms with Gasteiger partial charge in [0.15, 0.2) is 5.82 Å². The van der Waals surface area contributed by atoms with Gasteiger partial charge in [-0.2, -0.15) is 0 Å². The number of hydrogen-bond donors (Lipinski definition) is 2. The van der Waals surface area contributed by atoms with Crippen molar-refractivity contribution in [3.05, 3.63) is 42.2 Å². The molecule has 3 heteroatoms. The minimum Gasteiger partial charge on any atom is -0.396 e. The van der Waals surface area contributed by atoms with Crippen molar-refractivity contribution in [1.29, 1.82) is 0 Å². The number of benzene rings is 1. The molecule has 64 valence electrons. The van der Waals surface area contributed by atoms with Crippen molar-refractivity contribution in [2.75, 3.05) is 5.73 Å². The van der Waals surface area contributed by atoms with E-state index in [9.17, 15) is 4.39 Å². The Morgan fingerprint density at radius 2 is 2.17 bits per heavy atom. The van der Waals surface area contributed by atoms with Gasteiger partial charge in [0.25, 0.3) is 0 Å². The fourth-order valence-electron chi connectivity index (χ4n) is 0.953. The van der Waals surface area contributed by atoms with Gasteiger partial charge in [-0.15, -0.1) is 6.58 Å². The highest BCUT2D eigenvalue weighted by Crippen LogP contribution is 2.20. The lowest BCUT2D eigenvalue weighted by Gasteiger charge is -2.08. The van der Waals surface area contributed by atoms with E-state index in [-0.39, 0.29) is 5.69 Å². The zero-order valence-corrected chi connectivity index (χ0v) is 6.63. The van der Waals surface area contributed by atoms with Gasteiger partial charge in [-0.25, -0.2) is 4.39 Å². The normalized spacial score (nSPS) is 12.5. The topological polar surface area (TPSA) is 52.0 Å². The van der Waals surface area contributed by atoms with E-state index < -0.39 is 11.9 Å². The lowest BCUT2D eigenvalue weighted by molar-refractivity contribution is 0.607. The van der Waals surface area contributed by atoms with Crippen LogP contribution in [0.1, 0.15) is 11.6 Å². The second kappa shape index (κ2) is 3.36. The van der Waals surface area contributed by atoms with E-state index in [1.807, 2.05) is 0 Å². The van der Waals surface area contributed by atoms with Crippen LogP contribution in [0.2, 0.25) is 0 Å². The molecule has 0 amide bonds. The third kappa shape index (κ3) is 1.46. The maximum atomic E-state index is 13.2. The first-order chi connectivity index (χ1) is 5.66. The fraction of sp³-hybridized carbons (Fsp3) is 0.111. The van der Waals surface area contributed by atoms with E-state index in [1.165, 1.54) is 12.1 Å². The number of rotatable bonds is 2. The molecule has 0 saturated carbocycles. The molecule has 1 aromatic carbocycles. The van der Waals surface area contributed by atoms with Crippen molar-refractivity contribution in [2.24, 2.45) is 5.73 Å². The molecule has 0 aliphatic rings. The molecule has 0 aromatic heterocycles. The molecule has 0 heterocycles. The zero-order chi connectivity index (χ0) is 9.14. The van der Waals surface area contributed by atoms with Gasteiger partial charge in [0.2, 0.25) is 0 Å². The molecule has 0 saturated heterocycles. The van der Waals surface area contributed by atoms with Gasteiger partial charge in [-0.1, -0.05) is 18.2 Å². The third-order valence-corrected chi connectivity index (χ3v) is 1.67. The Bertz CT molecular complexity index is 297. The first kappa shape index (κ1) is 8.74. The molecule has 4 N–H and O–H groups in total. The summed E-state index contributed by atoms with van der Waals surface area (Å²) in [5, 5.41) is 0. The number of anilines is 1. The van der Waals surface area contributed by atoms with E-state index in [4.69, 9.17) is 11.5 Å². The Kier molecular flexibility index (Phi) is 2.45. The molecule has 12 heavy (non-hydrogen) atoms. The summed E-state index contributed by atoms with van der Waals surface area (Å²) in [7, 11) is 0. The number of hydrogen-bond acceptors (Lipinski definition) is 2. The maximum Gasteiger partial charge on any atom is 0.151 e. The standard InChI is InChI=1S/C9H11FN2/c1-2-7(11)6-4-3-5-8(12)9(6)10/h2-5,7H,1,11-12H2. The van der Waals surface area contributed by atoms with Crippen molar-refractivity contribution in [3.63, 3.8) is 0 Å².